The first kappa shape index (κ1) is 21.5. The van der Waals surface area contributed by atoms with Gasteiger partial charge in [-0.25, -0.2) is 4.79 Å². The third kappa shape index (κ3) is 5.70. The van der Waals surface area contributed by atoms with Gasteiger partial charge in [0.15, 0.2) is 0 Å². The van der Waals surface area contributed by atoms with Crippen LogP contribution in [-0.2, 0) is 9.57 Å². The average molecular weight is 432 g/mol. The Balaban J connectivity index is 1.54. The fourth-order valence-corrected chi connectivity index (χ4v) is 3.33. The SMILES string of the molecule is O=C(O)c1ccnc(/C(COc2cccc(-c3ccccc3)c2)=N/OC2CCCCO2)c1. The number of hydrogen-bond acceptors (Lipinski definition) is 6. The molecule has 1 aromatic heterocycles. The highest BCUT2D eigenvalue weighted by Crippen LogP contribution is 2.24. The van der Waals surface area contributed by atoms with Crippen molar-refractivity contribution in [3.05, 3.63) is 84.2 Å². The first-order valence-electron chi connectivity index (χ1n) is 10.5. The monoisotopic (exact) mass is 432 g/mol. The van der Waals surface area contributed by atoms with E-state index in [0.717, 1.165) is 30.4 Å². The van der Waals surface area contributed by atoms with Crippen LogP contribution in [0, 0.1) is 0 Å². The minimum absolute atomic E-state index is 0.0566. The molecule has 0 aliphatic carbocycles. The van der Waals surface area contributed by atoms with E-state index in [2.05, 4.69) is 10.1 Å². The van der Waals surface area contributed by atoms with Gasteiger partial charge in [0, 0.05) is 12.6 Å². The van der Waals surface area contributed by atoms with Crippen molar-refractivity contribution < 1.29 is 24.2 Å². The van der Waals surface area contributed by atoms with E-state index < -0.39 is 12.3 Å². The number of ether oxygens (including phenoxy) is 2. The minimum atomic E-state index is -1.04. The van der Waals surface area contributed by atoms with Crippen LogP contribution < -0.4 is 4.74 Å². The maximum atomic E-state index is 11.4. The summed E-state index contributed by atoms with van der Waals surface area (Å²) in [5.74, 6) is -0.386. The number of pyridine rings is 1. The van der Waals surface area contributed by atoms with Crippen molar-refractivity contribution in [2.75, 3.05) is 13.2 Å². The van der Waals surface area contributed by atoms with Crippen molar-refractivity contribution >= 4 is 11.7 Å². The molecule has 7 heteroatoms. The van der Waals surface area contributed by atoms with Crippen molar-refractivity contribution in [2.24, 2.45) is 5.16 Å². The van der Waals surface area contributed by atoms with Gasteiger partial charge in [-0.3, -0.25) is 4.98 Å². The minimum Gasteiger partial charge on any atom is -0.487 e. The Morgan fingerprint density at radius 1 is 1.06 bits per heavy atom. The molecule has 0 spiro atoms. The molecule has 0 saturated carbocycles. The molecule has 1 unspecified atom stereocenters. The molecule has 32 heavy (non-hydrogen) atoms. The summed E-state index contributed by atoms with van der Waals surface area (Å²) in [5.41, 5.74) is 2.98. The van der Waals surface area contributed by atoms with Gasteiger partial charge < -0.3 is 19.4 Å². The second-order valence-electron chi connectivity index (χ2n) is 7.36. The Morgan fingerprint density at radius 2 is 1.91 bits per heavy atom. The highest BCUT2D eigenvalue weighted by atomic mass is 16.8. The zero-order valence-corrected chi connectivity index (χ0v) is 17.5. The Kier molecular flexibility index (Phi) is 7.09. The summed E-state index contributed by atoms with van der Waals surface area (Å²) in [4.78, 5) is 21.2. The number of hydrogen-bond donors (Lipinski definition) is 1. The van der Waals surface area contributed by atoms with Gasteiger partial charge in [0.2, 0.25) is 6.29 Å². The lowest BCUT2D eigenvalue weighted by Crippen LogP contribution is -2.22. The Labute approximate surface area is 186 Å². The summed E-state index contributed by atoms with van der Waals surface area (Å²) < 4.78 is 11.6. The first-order chi connectivity index (χ1) is 15.7. The molecular weight excluding hydrogens is 408 g/mol. The van der Waals surface area contributed by atoms with Crippen molar-refractivity contribution in [1.29, 1.82) is 0 Å². The summed E-state index contributed by atoms with van der Waals surface area (Å²) in [7, 11) is 0. The van der Waals surface area contributed by atoms with Gasteiger partial charge in [-0.05, 0) is 48.2 Å². The molecule has 0 radical (unpaired) electrons. The van der Waals surface area contributed by atoms with Crippen molar-refractivity contribution in [3.63, 3.8) is 0 Å². The molecular formula is C25H24N2O5. The zero-order valence-electron chi connectivity index (χ0n) is 17.5. The number of rotatable bonds is 8. The fraction of sp³-hybridized carbons (Fsp3) is 0.240. The lowest BCUT2D eigenvalue weighted by molar-refractivity contribution is -0.162. The molecule has 4 rings (SSSR count). The molecule has 3 aromatic rings. The normalized spacial score (nSPS) is 16.4. The second-order valence-corrected chi connectivity index (χ2v) is 7.36. The standard InChI is InChI=1S/C25H24N2O5/c28-25(29)20-12-13-26-22(16-20)23(27-32-24-11-4-5-14-30-24)17-31-21-10-6-9-19(15-21)18-7-2-1-3-8-18/h1-3,6-10,12-13,15-16,24H,4-5,11,14,17H2,(H,28,29)/b27-23+. The molecule has 1 N–H and O–H groups in total. The maximum absolute atomic E-state index is 11.4. The predicted molar refractivity (Wildman–Crippen MR) is 120 cm³/mol. The van der Waals surface area contributed by atoms with Gasteiger partial charge in [0.25, 0.3) is 0 Å². The zero-order chi connectivity index (χ0) is 22.2. The van der Waals surface area contributed by atoms with Gasteiger partial charge in [0.1, 0.15) is 18.1 Å². The van der Waals surface area contributed by atoms with Gasteiger partial charge in [-0.15, -0.1) is 0 Å². The number of aromatic carboxylic acids is 1. The van der Waals surface area contributed by atoms with Crippen LogP contribution >= 0.6 is 0 Å². The Bertz CT molecular complexity index is 1080. The van der Waals surface area contributed by atoms with Crippen LogP contribution in [0.5, 0.6) is 5.75 Å². The predicted octanol–water partition coefficient (Wildman–Crippen LogP) is 4.77. The molecule has 2 aromatic carbocycles. The molecule has 1 fully saturated rings. The van der Waals surface area contributed by atoms with Crippen molar-refractivity contribution in [2.45, 2.75) is 25.6 Å². The molecule has 164 valence electrons. The van der Waals surface area contributed by atoms with E-state index in [4.69, 9.17) is 14.3 Å². The number of carboxylic acid groups (broad SMARTS) is 1. The fourth-order valence-electron chi connectivity index (χ4n) is 3.33. The van der Waals surface area contributed by atoms with Crippen molar-refractivity contribution in [1.82, 2.24) is 4.98 Å². The molecule has 7 nitrogen and oxygen atoms in total. The number of carboxylic acids is 1. The van der Waals surface area contributed by atoms with Gasteiger partial charge in [0.05, 0.1) is 17.9 Å². The Hall–Kier alpha value is -3.71. The van der Waals surface area contributed by atoms with E-state index in [1.165, 1.54) is 18.3 Å². The number of benzene rings is 2. The van der Waals surface area contributed by atoms with Crippen LogP contribution in [0.3, 0.4) is 0 Å². The Morgan fingerprint density at radius 3 is 2.69 bits per heavy atom. The van der Waals surface area contributed by atoms with Crippen LogP contribution in [0.15, 0.2) is 78.1 Å². The summed E-state index contributed by atoms with van der Waals surface area (Å²) >= 11 is 0. The van der Waals surface area contributed by atoms with Gasteiger partial charge in [-0.2, -0.15) is 0 Å². The second kappa shape index (κ2) is 10.5. The van der Waals surface area contributed by atoms with E-state index in [-0.39, 0.29) is 12.2 Å². The summed E-state index contributed by atoms with van der Waals surface area (Å²) in [6.07, 6.45) is 3.76. The number of nitrogens with zero attached hydrogens (tertiary/aromatic N) is 2. The van der Waals surface area contributed by atoms with Crippen LogP contribution in [0.4, 0.5) is 0 Å². The topological polar surface area (TPSA) is 90.2 Å². The molecule has 2 heterocycles. The van der Waals surface area contributed by atoms with Crippen LogP contribution in [0.25, 0.3) is 11.1 Å². The van der Waals surface area contributed by atoms with E-state index in [1.807, 2.05) is 54.6 Å². The summed E-state index contributed by atoms with van der Waals surface area (Å²) in [5, 5.41) is 13.5. The smallest absolute Gasteiger partial charge is 0.335 e. The van der Waals surface area contributed by atoms with Gasteiger partial charge in [-0.1, -0.05) is 47.6 Å². The lowest BCUT2D eigenvalue weighted by Gasteiger charge is -2.20. The molecule has 1 atom stereocenters. The molecule has 0 bridgehead atoms. The van der Waals surface area contributed by atoms with Crippen LogP contribution in [-0.4, -0.2) is 41.3 Å². The van der Waals surface area contributed by atoms with E-state index >= 15 is 0 Å². The number of carbonyl (C=O) groups is 1. The molecule has 1 saturated heterocycles. The third-order valence-corrected chi connectivity index (χ3v) is 5.04. The third-order valence-electron chi connectivity index (χ3n) is 5.04. The van der Waals surface area contributed by atoms with Crippen LogP contribution in [0.1, 0.15) is 35.3 Å². The molecule has 0 amide bonds. The van der Waals surface area contributed by atoms with E-state index in [0.29, 0.717) is 23.8 Å². The van der Waals surface area contributed by atoms with Crippen molar-refractivity contribution in [3.8, 4) is 16.9 Å². The molecule has 1 aliphatic rings. The molecule has 1 aliphatic heterocycles. The summed E-state index contributed by atoms with van der Waals surface area (Å²) in [6.45, 7) is 0.687. The number of aromatic nitrogens is 1. The lowest BCUT2D eigenvalue weighted by atomic mass is 10.1. The van der Waals surface area contributed by atoms with E-state index in [1.54, 1.807) is 0 Å². The van der Waals surface area contributed by atoms with Crippen LogP contribution in [0.2, 0.25) is 0 Å². The summed E-state index contributed by atoms with van der Waals surface area (Å²) in [6, 6.07) is 20.6. The average Bonchev–Trinajstić information content (AvgIpc) is 2.85. The first-order valence-corrected chi connectivity index (χ1v) is 10.5. The van der Waals surface area contributed by atoms with E-state index in [9.17, 15) is 9.90 Å². The maximum Gasteiger partial charge on any atom is 0.335 e. The highest BCUT2D eigenvalue weighted by molar-refractivity contribution is 6.01. The largest absolute Gasteiger partial charge is 0.487 e. The number of oxime groups is 1. The van der Waals surface area contributed by atoms with Gasteiger partial charge >= 0.3 is 5.97 Å². The highest BCUT2D eigenvalue weighted by Gasteiger charge is 2.17. The quantitative estimate of drug-likeness (QED) is 0.407.